The molecule has 0 saturated heterocycles. The lowest BCUT2D eigenvalue weighted by molar-refractivity contribution is -0.0788. The molecule has 2 rings (SSSR count). The molecule has 0 atom stereocenters. The standard InChI is InChI=1S/C15H12ClFO3/c16-13-3-1-2-4-14(13)19-10-9-11-5-7-12(8-6-11)15(18)20-17/h1-8H,9-10H2. The van der Waals surface area contributed by atoms with Crippen molar-refractivity contribution in [1.82, 2.24) is 0 Å². The summed E-state index contributed by atoms with van der Waals surface area (Å²) in [4.78, 5) is 14.1. The molecule has 0 spiro atoms. The minimum atomic E-state index is -0.996. The second-order valence-corrected chi connectivity index (χ2v) is 4.50. The average Bonchev–Trinajstić information content (AvgIpc) is 2.49. The molecule has 0 aromatic heterocycles. The van der Waals surface area contributed by atoms with E-state index in [1.54, 1.807) is 24.3 Å². The molecule has 0 aliphatic heterocycles. The van der Waals surface area contributed by atoms with Gasteiger partial charge in [-0.3, -0.25) is 0 Å². The van der Waals surface area contributed by atoms with Crippen LogP contribution in [0.5, 0.6) is 5.75 Å². The van der Waals surface area contributed by atoms with Crippen molar-refractivity contribution in [3.05, 3.63) is 64.7 Å². The second kappa shape index (κ2) is 6.91. The second-order valence-electron chi connectivity index (χ2n) is 4.09. The summed E-state index contributed by atoms with van der Waals surface area (Å²) < 4.78 is 17.3. The van der Waals surface area contributed by atoms with Crippen LogP contribution in [0.25, 0.3) is 0 Å². The Labute approximate surface area is 120 Å². The summed E-state index contributed by atoms with van der Waals surface area (Å²) in [7, 11) is 0. The predicted octanol–water partition coefficient (Wildman–Crippen LogP) is 4.00. The molecule has 2 aromatic carbocycles. The van der Waals surface area contributed by atoms with Gasteiger partial charge in [-0.25, -0.2) is 9.74 Å². The van der Waals surface area contributed by atoms with Crippen molar-refractivity contribution in [3.8, 4) is 5.75 Å². The van der Waals surface area contributed by atoms with Crippen molar-refractivity contribution >= 4 is 17.6 Å². The summed E-state index contributed by atoms with van der Waals surface area (Å²) in [5, 5.41) is 0.563. The van der Waals surface area contributed by atoms with E-state index in [4.69, 9.17) is 16.3 Å². The normalized spacial score (nSPS) is 10.1. The molecule has 0 aliphatic carbocycles. The minimum Gasteiger partial charge on any atom is -0.492 e. The molecule has 2 aromatic rings. The van der Waals surface area contributed by atoms with E-state index in [1.165, 1.54) is 12.1 Å². The van der Waals surface area contributed by atoms with Gasteiger partial charge in [0.05, 0.1) is 17.2 Å². The molecule has 0 heterocycles. The van der Waals surface area contributed by atoms with E-state index in [-0.39, 0.29) is 5.56 Å². The zero-order valence-electron chi connectivity index (χ0n) is 10.5. The number of ether oxygens (including phenoxy) is 1. The van der Waals surface area contributed by atoms with E-state index in [0.717, 1.165) is 5.56 Å². The molecule has 0 bridgehead atoms. The van der Waals surface area contributed by atoms with Crippen molar-refractivity contribution in [3.63, 3.8) is 0 Å². The molecule has 0 aliphatic rings. The molecule has 0 unspecified atom stereocenters. The lowest BCUT2D eigenvalue weighted by Gasteiger charge is -2.07. The number of hydrogen-bond acceptors (Lipinski definition) is 3. The fraction of sp³-hybridized carbons (Fsp3) is 0.133. The fourth-order valence-electron chi connectivity index (χ4n) is 1.69. The molecule has 0 saturated carbocycles. The van der Waals surface area contributed by atoms with Gasteiger partial charge in [0, 0.05) is 10.9 Å². The van der Waals surface area contributed by atoms with Crippen LogP contribution in [-0.4, -0.2) is 12.6 Å². The molecule has 20 heavy (non-hydrogen) atoms. The summed E-state index contributed by atoms with van der Waals surface area (Å²) in [6, 6.07) is 13.7. The van der Waals surface area contributed by atoms with E-state index < -0.39 is 5.97 Å². The molecular weight excluding hydrogens is 283 g/mol. The third-order valence-corrected chi connectivity index (χ3v) is 3.06. The van der Waals surface area contributed by atoms with Crippen LogP contribution in [0.15, 0.2) is 48.5 Å². The number of benzene rings is 2. The Morgan fingerprint density at radius 2 is 1.80 bits per heavy atom. The Morgan fingerprint density at radius 1 is 1.10 bits per heavy atom. The Morgan fingerprint density at radius 3 is 2.45 bits per heavy atom. The van der Waals surface area contributed by atoms with Gasteiger partial charge < -0.3 is 4.74 Å². The number of carbonyl (C=O) groups is 1. The summed E-state index contributed by atoms with van der Waals surface area (Å²) in [5.74, 6) is -0.365. The highest BCUT2D eigenvalue weighted by atomic mass is 35.5. The van der Waals surface area contributed by atoms with Crippen molar-refractivity contribution in [1.29, 1.82) is 0 Å². The van der Waals surface area contributed by atoms with Crippen LogP contribution in [0.4, 0.5) is 4.53 Å². The maximum atomic E-state index is 11.7. The molecule has 3 nitrogen and oxygen atoms in total. The van der Waals surface area contributed by atoms with Crippen LogP contribution < -0.4 is 4.74 Å². The van der Waals surface area contributed by atoms with Gasteiger partial charge in [-0.05, 0) is 29.8 Å². The lowest BCUT2D eigenvalue weighted by Crippen LogP contribution is -2.03. The molecule has 0 amide bonds. The van der Waals surface area contributed by atoms with Gasteiger partial charge in [-0.15, -0.1) is 0 Å². The van der Waals surface area contributed by atoms with Gasteiger partial charge in [0.2, 0.25) is 0 Å². The lowest BCUT2D eigenvalue weighted by atomic mass is 10.1. The van der Waals surface area contributed by atoms with Gasteiger partial charge >= 0.3 is 5.97 Å². The zero-order chi connectivity index (χ0) is 14.4. The van der Waals surface area contributed by atoms with Crippen molar-refractivity contribution in [2.45, 2.75) is 6.42 Å². The maximum absolute atomic E-state index is 11.7. The number of halogens is 2. The van der Waals surface area contributed by atoms with Crippen molar-refractivity contribution in [2.24, 2.45) is 0 Å². The number of rotatable bonds is 5. The summed E-state index contributed by atoms with van der Waals surface area (Å²) >= 11 is 5.97. The predicted molar refractivity (Wildman–Crippen MR) is 73.6 cm³/mol. The summed E-state index contributed by atoms with van der Waals surface area (Å²) in [6.07, 6.45) is 0.649. The first kappa shape index (κ1) is 14.3. The fourth-order valence-corrected chi connectivity index (χ4v) is 1.88. The van der Waals surface area contributed by atoms with Gasteiger partial charge in [0.1, 0.15) is 5.75 Å². The maximum Gasteiger partial charge on any atom is 0.379 e. The van der Waals surface area contributed by atoms with Crippen LogP contribution >= 0.6 is 11.6 Å². The van der Waals surface area contributed by atoms with E-state index in [1.807, 2.05) is 12.1 Å². The topological polar surface area (TPSA) is 35.5 Å². The third kappa shape index (κ3) is 3.71. The van der Waals surface area contributed by atoms with E-state index in [9.17, 15) is 9.32 Å². The van der Waals surface area contributed by atoms with Crippen molar-refractivity contribution in [2.75, 3.05) is 6.61 Å². The van der Waals surface area contributed by atoms with Crippen LogP contribution in [0.1, 0.15) is 15.9 Å². The Balaban J connectivity index is 1.88. The largest absolute Gasteiger partial charge is 0.492 e. The van der Waals surface area contributed by atoms with E-state index in [0.29, 0.717) is 23.8 Å². The van der Waals surface area contributed by atoms with E-state index in [2.05, 4.69) is 4.94 Å². The Hall–Kier alpha value is -2.07. The minimum absolute atomic E-state index is 0.170. The van der Waals surface area contributed by atoms with Gasteiger partial charge in [-0.1, -0.05) is 35.9 Å². The Bertz CT molecular complexity index is 584. The van der Waals surface area contributed by atoms with Crippen LogP contribution in [0, 0.1) is 0 Å². The van der Waals surface area contributed by atoms with Gasteiger partial charge in [-0.2, -0.15) is 0 Å². The van der Waals surface area contributed by atoms with Crippen LogP contribution in [0.3, 0.4) is 0 Å². The monoisotopic (exact) mass is 294 g/mol. The third-order valence-electron chi connectivity index (χ3n) is 2.74. The quantitative estimate of drug-likeness (QED) is 0.836. The smallest absolute Gasteiger partial charge is 0.379 e. The first-order valence-corrected chi connectivity index (χ1v) is 6.37. The SMILES string of the molecule is O=C(OF)c1ccc(CCOc2ccccc2Cl)cc1. The first-order chi connectivity index (χ1) is 9.70. The molecule has 104 valence electrons. The van der Waals surface area contributed by atoms with Crippen molar-refractivity contribution < 1.29 is 19.0 Å². The van der Waals surface area contributed by atoms with Crippen LogP contribution in [0.2, 0.25) is 5.02 Å². The number of carbonyl (C=O) groups excluding carboxylic acids is 1. The zero-order valence-corrected chi connectivity index (χ0v) is 11.3. The highest BCUT2D eigenvalue weighted by Gasteiger charge is 2.07. The van der Waals surface area contributed by atoms with Gasteiger partial charge in [0.25, 0.3) is 0 Å². The number of para-hydroxylation sites is 1. The summed E-state index contributed by atoms with van der Waals surface area (Å²) in [6.45, 7) is 0.455. The summed E-state index contributed by atoms with van der Waals surface area (Å²) in [5.41, 5.74) is 1.13. The van der Waals surface area contributed by atoms with Gasteiger partial charge in [0.15, 0.2) is 0 Å². The highest BCUT2D eigenvalue weighted by Crippen LogP contribution is 2.23. The van der Waals surface area contributed by atoms with Crippen LogP contribution in [-0.2, 0) is 11.4 Å². The first-order valence-electron chi connectivity index (χ1n) is 6.00. The molecule has 5 heteroatoms. The molecule has 0 fully saturated rings. The van der Waals surface area contributed by atoms with E-state index >= 15 is 0 Å². The molecular formula is C15H12ClFO3. The highest BCUT2D eigenvalue weighted by molar-refractivity contribution is 6.32. The molecule has 0 N–H and O–H groups in total. The number of hydrogen-bond donors (Lipinski definition) is 0. The Kier molecular flexibility index (Phi) is 4.96. The average molecular weight is 295 g/mol. The molecule has 0 radical (unpaired) electrons.